The van der Waals surface area contributed by atoms with E-state index in [0.717, 1.165) is 27.2 Å². The van der Waals surface area contributed by atoms with E-state index in [2.05, 4.69) is 28.2 Å². The second-order valence-electron chi connectivity index (χ2n) is 8.22. The molecule has 0 unspecified atom stereocenters. The lowest BCUT2D eigenvalue weighted by molar-refractivity contribution is 0.285. The van der Waals surface area contributed by atoms with Crippen LogP contribution in [0.25, 0.3) is 22.3 Å². The minimum Gasteiger partial charge on any atom is -0.507 e. The van der Waals surface area contributed by atoms with Gasteiger partial charge in [-0.2, -0.15) is 0 Å². The van der Waals surface area contributed by atoms with Crippen molar-refractivity contribution in [3.8, 4) is 22.0 Å². The lowest BCUT2D eigenvalue weighted by Gasteiger charge is -2.30. The topological polar surface area (TPSA) is 63.8 Å². The van der Waals surface area contributed by atoms with Crippen molar-refractivity contribution in [1.29, 1.82) is 0 Å². The molecule has 2 heterocycles. The molecular weight excluding hydrogens is 356 g/mol. The molecule has 0 aliphatic heterocycles. The van der Waals surface area contributed by atoms with Crippen LogP contribution < -0.4 is 0 Å². The Kier molecular flexibility index (Phi) is 3.90. The van der Waals surface area contributed by atoms with E-state index >= 15 is 0 Å². The van der Waals surface area contributed by atoms with E-state index in [1.165, 1.54) is 37.7 Å². The van der Waals surface area contributed by atoms with E-state index < -0.39 is 0 Å². The van der Waals surface area contributed by atoms with Crippen LogP contribution in [0.4, 0.5) is 0 Å². The summed E-state index contributed by atoms with van der Waals surface area (Å²) in [6.07, 6.45) is 14.0. The zero-order valence-corrected chi connectivity index (χ0v) is 16.1. The first-order valence-electron chi connectivity index (χ1n) is 9.43. The van der Waals surface area contributed by atoms with Gasteiger partial charge in [-0.25, -0.2) is 4.98 Å². The summed E-state index contributed by atoms with van der Waals surface area (Å²) in [5.41, 5.74) is 3.58. The Morgan fingerprint density at radius 1 is 1.33 bits per heavy atom. The molecule has 0 radical (unpaired) electrons. The first-order valence-corrected chi connectivity index (χ1v) is 10.2. The number of aromatic nitrogens is 4. The van der Waals surface area contributed by atoms with Gasteiger partial charge in [0.25, 0.3) is 0 Å². The predicted octanol–water partition coefficient (Wildman–Crippen LogP) is 5.08. The number of rotatable bonds is 3. The fourth-order valence-corrected chi connectivity index (χ4v) is 5.61. The second-order valence-corrected chi connectivity index (χ2v) is 9.23. The molecule has 2 aliphatic carbocycles. The van der Waals surface area contributed by atoms with Crippen LogP contribution in [-0.4, -0.2) is 24.9 Å². The van der Waals surface area contributed by atoms with E-state index in [1.807, 2.05) is 22.9 Å². The first kappa shape index (κ1) is 16.7. The highest BCUT2D eigenvalue weighted by molar-refractivity contribution is 7.15. The van der Waals surface area contributed by atoms with E-state index in [4.69, 9.17) is 0 Å². The molecule has 27 heavy (non-hydrogen) atoms. The average molecular weight is 379 g/mol. The third kappa shape index (κ3) is 3.18. The van der Waals surface area contributed by atoms with Crippen molar-refractivity contribution in [2.24, 2.45) is 11.3 Å². The van der Waals surface area contributed by atoms with E-state index in [9.17, 15) is 5.11 Å². The molecule has 5 rings (SSSR count). The number of hydrogen-bond donors (Lipinski definition) is 1. The van der Waals surface area contributed by atoms with Gasteiger partial charge in [-0.3, -0.25) is 0 Å². The fourth-order valence-electron chi connectivity index (χ4n) is 4.74. The summed E-state index contributed by atoms with van der Waals surface area (Å²) < 4.78 is 1.86. The number of phenolic OH excluding ortho intramolecular Hbond substituents is 1. The summed E-state index contributed by atoms with van der Waals surface area (Å²) in [5.74, 6) is 1.06. The van der Waals surface area contributed by atoms with Crippen molar-refractivity contribution in [2.45, 2.75) is 39.0 Å². The highest BCUT2D eigenvalue weighted by Crippen LogP contribution is 2.53. The van der Waals surface area contributed by atoms with Gasteiger partial charge in [0.15, 0.2) is 5.01 Å². The van der Waals surface area contributed by atoms with Crippen molar-refractivity contribution in [3.05, 3.63) is 47.5 Å². The third-order valence-electron chi connectivity index (χ3n) is 5.92. The van der Waals surface area contributed by atoms with Crippen molar-refractivity contribution < 1.29 is 5.11 Å². The molecule has 5 nitrogen and oxygen atoms in total. The zero-order valence-electron chi connectivity index (χ0n) is 15.3. The standard InChI is InChI=1S/C21H22N4OS/c1-21-5-4-14(11-21)8-15(12-21)9-19-23-24-20(27-19)17-3-2-16(10-18(17)26)25-7-6-22-13-25/h2-3,6-7,9-10,13-14,26H,4-5,8,11-12H2,1H3/b15-9+/t14-,21-/m1/s1. The number of hydrogen-bond acceptors (Lipinski definition) is 5. The number of imidazole rings is 1. The van der Waals surface area contributed by atoms with Gasteiger partial charge in [-0.1, -0.05) is 23.8 Å². The Labute approximate surface area is 162 Å². The Morgan fingerprint density at radius 2 is 2.26 bits per heavy atom. The van der Waals surface area contributed by atoms with Crippen molar-refractivity contribution in [2.75, 3.05) is 0 Å². The molecule has 1 aromatic carbocycles. The van der Waals surface area contributed by atoms with Crippen LogP contribution >= 0.6 is 11.3 Å². The summed E-state index contributed by atoms with van der Waals surface area (Å²) >= 11 is 1.54. The molecular formula is C21H22N4OS. The average Bonchev–Trinajstić information content (AvgIpc) is 3.36. The van der Waals surface area contributed by atoms with Gasteiger partial charge in [0.05, 0.1) is 17.6 Å². The second kappa shape index (κ2) is 6.30. The van der Waals surface area contributed by atoms with Gasteiger partial charge in [0.1, 0.15) is 10.8 Å². The van der Waals surface area contributed by atoms with Crippen LogP contribution in [0, 0.1) is 11.3 Å². The predicted molar refractivity (Wildman–Crippen MR) is 107 cm³/mol. The SMILES string of the molecule is C[C@]12CC[C@H](C/C(=C\c3nnc(-c4ccc(-n5ccnc5)cc4O)s3)C1)C2. The van der Waals surface area contributed by atoms with Crippen LogP contribution in [0.3, 0.4) is 0 Å². The number of phenols is 1. The van der Waals surface area contributed by atoms with Crippen LogP contribution in [0.2, 0.25) is 0 Å². The third-order valence-corrected chi connectivity index (χ3v) is 6.83. The molecule has 2 atom stereocenters. The molecule has 0 saturated heterocycles. The van der Waals surface area contributed by atoms with Gasteiger partial charge in [-0.05, 0) is 61.6 Å². The Bertz CT molecular complexity index is 1010. The number of fused-ring (bicyclic) bond motifs is 2. The molecule has 0 amide bonds. The normalized spacial score (nSPS) is 26.0. The van der Waals surface area contributed by atoms with E-state index in [-0.39, 0.29) is 5.75 Å². The van der Waals surface area contributed by atoms with Gasteiger partial charge >= 0.3 is 0 Å². The Hall–Kier alpha value is -2.47. The van der Waals surface area contributed by atoms with Gasteiger partial charge < -0.3 is 9.67 Å². The molecule has 2 saturated carbocycles. The molecule has 6 heteroatoms. The lowest BCUT2D eigenvalue weighted by Crippen LogP contribution is -2.18. The molecule has 2 aromatic heterocycles. The number of nitrogens with zero attached hydrogens (tertiary/aromatic N) is 4. The largest absolute Gasteiger partial charge is 0.507 e. The van der Waals surface area contributed by atoms with E-state index in [1.54, 1.807) is 29.9 Å². The maximum Gasteiger partial charge on any atom is 0.151 e. The van der Waals surface area contributed by atoms with E-state index in [0.29, 0.717) is 5.41 Å². The molecule has 0 spiro atoms. The summed E-state index contributed by atoms with van der Waals surface area (Å²) in [5, 5.41) is 20.8. The first-order chi connectivity index (χ1) is 13.1. The van der Waals surface area contributed by atoms with Crippen LogP contribution in [0.5, 0.6) is 5.75 Å². The van der Waals surface area contributed by atoms with Crippen molar-refractivity contribution in [1.82, 2.24) is 19.7 Å². The molecule has 1 N–H and O–H groups in total. The Morgan fingerprint density at radius 3 is 3.04 bits per heavy atom. The van der Waals surface area contributed by atoms with Crippen LogP contribution in [0.15, 0.2) is 42.5 Å². The van der Waals surface area contributed by atoms with Gasteiger partial charge in [0, 0.05) is 18.5 Å². The maximum absolute atomic E-state index is 10.5. The maximum atomic E-state index is 10.5. The smallest absolute Gasteiger partial charge is 0.151 e. The zero-order chi connectivity index (χ0) is 18.4. The quantitative estimate of drug-likeness (QED) is 0.690. The van der Waals surface area contributed by atoms with Gasteiger partial charge in [0.2, 0.25) is 0 Å². The molecule has 2 fully saturated rings. The summed E-state index contributed by atoms with van der Waals surface area (Å²) in [6.45, 7) is 2.42. The van der Waals surface area contributed by atoms with Crippen LogP contribution in [0.1, 0.15) is 44.0 Å². The fraction of sp³-hybridized carbons (Fsp3) is 0.381. The summed E-state index contributed by atoms with van der Waals surface area (Å²) in [7, 11) is 0. The minimum absolute atomic E-state index is 0.208. The monoisotopic (exact) mass is 378 g/mol. The minimum atomic E-state index is 0.208. The van der Waals surface area contributed by atoms with Crippen molar-refractivity contribution >= 4 is 17.4 Å². The van der Waals surface area contributed by atoms with Gasteiger partial charge in [-0.15, -0.1) is 10.2 Å². The highest BCUT2D eigenvalue weighted by atomic mass is 32.1. The number of allylic oxidation sites excluding steroid dienone is 1. The highest BCUT2D eigenvalue weighted by Gasteiger charge is 2.40. The Balaban J connectivity index is 1.40. The van der Waals surface area contributed by atoms with Crippen molar-refractivity contribution in [3.63, 3.8) is 0 Å². The number of aromatic hydroxyl groups is 1. The van der Waals surface area contributed by atoms with Crippen LogP contribution in [-0.2, 0) is 0 Å². The molecule has 2 aliphatic rings. The number of benzene rings is 1. The summed E-state index contributed by atoms with van der Waals surface area (Å²) in [4.78, 5) is 4.04. The summed E-state index contributed by atoms with van der Waals surface area (Å²) in [6, 6.07) is 5.58. The molecule has 3 aromatic rings. The molecule has 2 bridgehead atoms. The lowest BCUT2D eigenvalue weighted by atomic mass is 9.75. The molecule has 138 valence electrons.